The Bertz CT molecular complexity index is 764. The highest BCUT2D eigenvalue weighted by atomic mass is 16.5. The molecular weight excluding hydrogens is 368 g/mol. The molecule has 1 aromatic carbocycles. The summed E-state index contributed by atoms with van der Waals surface area (Å²) in [6.45, 7) is 5.64. The van der Waals surface area contributed by atoms with Crippen molar-refractivity contribution in [2.45, 2.75) is 84.0 Å². The Morgan fingerprint density at radius 2 is 1.72 bits per heavy atom. The van der Waals surface area contributed by atoms with Crippen LogP contribution >= 0.6 is 0 Å². The minimum atomic E-state index is -0.611. The first-order valence-electron chi connectivity index (χ1n) is 10.7. The van der Waals surface area contributed by atoms with Gasteiger partial charge < -0.3 is 20.1 Å². The number of urea groups is 1. The first-order valence-corrected chi connectivity index (χ1v) is 10.7. The van der Waals surface area contributed by atoms with Crippen molar-refractivity contribution in [2.24, 2.45) is 0 Å². The summed E-state index contributed by atoms with van der Waals surface area (Å²) in [4.78, 5) is 25.4. The van der Waals surface area contributed by atoms with Gasteiger partial charge in [-0.3, -0.25) is 0 Å². The molecule has 0 bridgehead atoms. The third-order valence-corrected chi connectivity index (χ3v) is 5.41. The van der Waals surface area contributed by atoms with Crippen LogP contribution in [0.25, 0.3) is 0 Å². The summed E-state index contributed by atoms with van der Waals surface area (Å²) in [6.07, 6.45) is 7.51. The van der Waals surface area contributed by atoms with E-state index in [1.165, 1.54) is 19.3 Å². The zero-order chi connectivity index (χ0) is 20.8. The molecule has 0 spiro atoms. The van der Waals surface area contributed by atoms with Crippen molar-refractivity contribution in [3.05, 3.63) is 41.1 Å². The third kappa shape index (κ3) is 5.52. The van der Waals surface area contributed by atoms with Crippen molar-refractivity contribution in [3.63, 3.8) is 0 Å². The van der Waals surface area contributed by atoms with Gasteiger partial charge in [0.05, 0.1) is 17.7 Å². The highest BCUT2D eigenvalue weighted by molar-refractivity contribution is 5.95. The summed E-state index contributed by atoms with van der Waals surface area (Å²) < 4.78 is 11.8. The van der Waals surface area contributed by atoms with E-state index in [1.54, 1.807) is 6.92 Å². The Kier molecular flexibility index (Phi) is 7.18. The topological polar surface area (TPSA) is 76.7 Å². The van der Waals surface area contributed by atoms with E-state index in [2.05, 4.69) is 10.6 Å². The number of nitrogens with one attached hydrogen (secondary N) is 2. The maximum atomic E-state index is 13.2. The van der Waals surface area contributed by atoms with Gasteiger partial charge in [-0.2, -0.15) is 0 Å². The minimum Gasteiger partial charge on any atom is -0.491 e. The van der Waals surface area contributed by atoms with Gasteiger partial charge in [0.2, 0.25) is 0 Å². The van der Waals surface area contributed by atoms with Gasteiger partial charge in [0.15, 0.2) is 0 Å². The molecule has 6 heteroatoms. The van der Waals surface area contributed by atoms with Gasteiger partial charge in [-0.15, -0.1) is 0 Å². The Labute approximate surface area is 173 Å². The average molecular weight is 401 g/mol. The molecule has 1 aliphatic heterocycles. The van der Waals surface area contributed by atoms with E-state index < -0.39 is 6.04 Å². The smallest absolute Gasteiger partial charge is 0.338 e. The van der Waals surface area contributed by atoms with Crippen LogP contribution in [0.5, 0.6) is 5.75 Å². The third-order valence-electron chi connectivity index (χ3n) is 5.41. The number of hydrogen-bond donors (Lipinski definition) is 2. The van der Waals surface area contributed by atoms with Crippen LogP contribution in [0.3, 0.4) is 0 Å². The van der Waals surface area contributed by atoms with Crippen molar-refractivity contribution in [1.29, 1.82) is 0 Å². The van der Waals surface area contributed by atoms with Gasteiger partial charge in [0, 0.05) is 11.3 Å². The van der Waals surface area contributed by atoms with E-state index >= 15 is 0 Å². The standard InChI is InChI=1S/C23H32N2O4/c1-15(2)28-19-14-10-9-13-18(19)21-20(16(3)24-23(27)25-21)22(26)29-17-11-7-5-4-6-8-12-17/h9-10,13-15,17,21H,4-8,11-12H2,1-3H3,(H2,24,25,27)/t21-/m0/s1. The number of esters is 1. The second kappa shape index (κ2) is 9.81. The number of carbonyl (C=O) groups excluding carboxylic acids is 2. The molecule has 1 heterocycles. The maximum absolute atomic E-state index is 13.2. The summed E-state index contributed by atoms with van der Waals surface area (Å²) in [5, 5.41) is 5.60. The van der Waals surface area contributed by atoms with Gasteiger partial charge in [0.25, 0.3) is 0 Å². The first kappa shape index (κ1) is 21.2. The number of amides is 2. The van der Waals surface area contributed by atoms with Crippen molar-refractivity contribution >= 4 is 12.0 Å². The molecule has 1 atom stereocenters. The molecule has 0 aromatic heterocycles. The highest BCUT2D eigenvalue weighted by Gasteiger charge is 2.35. The largest absolute Gasteiger partial charge is 0.491 e. The van der Waals surface area contributed by atoms with Gasteiger partial charge in [-0.1, -0.05) is 37.5 Å². The Hall–Kier alpha value is -2.50. The number of para-hydroxylation sites is 1. The monoisotopic (exact) mass is 400 g/mol. The van der Waals surface area contributed by atoms with Gasteiger partial charge >= 0.3 is 12.0 Å². The molecule has 6 nitrogen and oxygen atoms in total. The van der Waals surface area contributed by atoms with Crippen LogP contribution in [0, 0.1) is 0 Å². The fourth-order valence-corrected chi connectivity index (χ4v) is 4.03. The van der Waals surface area contributed by atoms with Gasteiger partial charge in [-0.05, 0) is 52.5 Å². The van der Waals surface area contributed by atoms with E-state index in [0.717, 1.165) is 31.2 Å². The minimum absolute atomic E-state index is 0.0241. The zero-order valence-electron chi connectivity index (χ0n) is 17.6. The van der Waals surface area contributed by atoms with E-state index in [1.807, 2.05) is 38.1 Å². The molecule has 0 unspecified atom stereocenters. The summed E-state index contributed by atoms with van der Waals surface area (Å²) in [7, 11) is 0. The molecule has 1 fully saturated rings. The van der Waals surface area contributed by atoms with E-state index in [9.17, 15) is 9.59 Å². The van der Waals surface area contributed by atoms with Crippen LogP contribution in [-0.2, 0) is 9.53 Å². The lowest BCUT2D eigenvalue weighted by Crippen LogP contribution is -2.45. The molecule has 3 rings (SSSR count). The van der Waals surface area contributed by atoms with Gasteiger partial charge in [-0.25, -0.2) is 9.59 Å². The Balaban J connectivity index is 1.87. The van der Waals surface area contributed by atoms with Crippen LogP contribution in [0.1, 0.15) is 77.3 Å². The second-order valence-corrected chi connectivity index (χ2v) is 8.15. The Morgan fingerprint density at radius 1 is 1.07 bits per heavy atom. The van der Waals surface area contributed by atoms with E-state index in [0.29, 0.717) is 17.0 Å². The number of rotatable bonds is 5. The van der Waals surface area contributed by atoms with Crippen LogP contribution in [0.4, 0.5) is 4.79 Å². The van der Waals surface area contributed by atoms with Gasteiger partial charge in [0.1, 0.15) is 11.9 Å². The lowest BCUT2D eigenvalue weighted by atomic mass is 9.94. The lowest BCUT2D eigenvalue weighted by molar-refractivity contribution is -0.145. The number of allylic oxidation sites excluding steroid dienone is 1. The molecule has 0 saturated heterocycles. The molecule has 29 heavy (non-hydrogen) atoms. The molecule has 2 aliphatic rings. The fraction of sp³-hybridized carbons (Fsp3) is 0.565. The summed E-state index contributed by atoms with van der Waals surface area (Å²) in [6, 6.07) is 6.55. The number of benzene rings is 1. The van der Waals surface area contributed by atoms with Crippen molar-refractivity contribution in [3.8, 4) is 5.75 Å². The second-order valence-electron chi connectivity index (χ2n) is 8.15. The molecule has 1 saturated carbocycles. The predicted molar refractivity (Wildman–Crippen MR) is 112 cm³/mol. The van der Waals surface area contributed by atoms with Crippen molar-refractivity contribution in [2.75, 3.05) is 0 Å². The van der Waals surface area contributed by atoms with Crippen molar-refractivity contribution < 1.29 is 19.1 Å². The van der Waals surface area contributed by atoms with Crippen LogP contribution < -0.4 is 15.4 Å². The average Bonchev–Trinajstić information content (AvgIpc) is 2.63. The highest BCUT2D eigenvalue weighted by Crippen LogP contribution is 2.34. The quantitative estimate of drug-likeness (QED) is 0.699. The zero-order valence-corrected chi connectivity index (χ0v) is 17.6. The van der Waals surface area contributed by atoms with Crippen LogP contribution in [0.2, 0.25) is 0 Å². The summed E-state index contributed by atoms with van der Waals surface area (Å²) in [5.41, 5.74) is 1.71. The number of ether oxygens (including phenoxy) is 2. The predicted octanol–water partition coefficient (Wildman–Crippen LogP) is 4.76. The lowest BCUT2D eigenvalue weighted by Gasteiger charge is -2.30. The number of carbonyl (C=O) groups is 2. The molecule has 2 amide bonds. The van der Waals surface area contributed by atoms with Crippen LogP contribution in [0.15, 0.2) is 35.5 Å². The fourth-order valence-electron chi connectivity index (χ4n) is 4.03. The first-order chi connectivity index (χ1) is 14.0. The molecule has 0 radical (unpaired) electrons. The SMILES string of the molecule is CC1=C(C(=O)OC2CCCCCCC2)[C@H](c2ccccc2OC(C)C)NC(=O)N1. The van der Waals surface area contributed by atoms with Crippen LogP contribution in [-0.4, -0.2) is 24.2 Å². The number of hydrogen-bond acceptors (Lipinski definition) is 4. The molecule has 158 valence electrons. The molecule has 1 aliphatic carbocycles. The van der Waals surface area contributed by atoms with E-state index in [-0.39, 0.29) is 24.2 Å². The molecule has 1 aromatic rings. The normalized spacial score (nSPS) is 21.1. The Morgan fingerprint density at radius 3 is 2.41 bits per heavy atom. The maximum Gasteiger partial charge on any atom is 0.338 e. The van der Waals surface area contributed by atoms with Crippen molar-refractivity contribution in [1.82, 2.24) is 10.6 Å². The summed E-state index contributed by atoms with van der Waals surface area (Å²) in [5.74, 6) is 0.281. The molecular formula is C23H32N2O4. The summed E-state index contributed by atoms with van der Waals surface area (Å²) >= 11 is 0. The van der Waals surface area contributed by atoms with E-state index in [4.69, 9.17) is 9.47 Å². The molecule has 2 N–H and O–H groups in total.